The number of nitrogens with zero attached hydrogens (tertiary/aromatic N) is 2. The van der Waals surface area contributed by atoms with Gasteiger partial charge < -0.3 is 10.2 Å². The zero-order valence-corrected chi connectivity index (χ0v) is 23.8. The summed E-state index contributed by atoms with van der Waals surface area (Å²) in [6.07, 6.45) is 1.84. The maximum absolute atomic E-state index is 14.0. The van der Waals surface area contributed by atoms with Crippen LogP contribution < -0.4 is 9.62 Å². The highest BCUT2D eigenvalue weighted by atomic mass is 35.5. The normalized spacial score (nSPS) is 12.8. The summed E-state index contributed by atoms with van der Waals surface area (Å²) in [5.41, 5.74) is 1.51. The maximum atomic E-state index is 14.0. The highest BCUT2D eigenvalue weighted by molar-refractivity contribution is 7.92. The first-order chi connectivity index (χ1) is 18.5. The number of hydrogen-bond donors (Lipinski definition) is 1. The first-order valence-corrected chi connectivity index (χ1v) is 14.8. The number of benzene rings is 3. The van der Waals surface area contributed by atoms with E-state index in [1.807, 2.05) is 44.2 Å². The van der Waals surface area contributed by atoms with Gasteiger partial charge in [0.05, 0.1) is 11.9 Å². The number of nitrogens with one attached hydrogen (secondary N) is 1. The van der Waals surface area contributed by atoms with Gasteiger partial charge in [0, 0.05) is 24.0 Å². The molecular weight excluding hydrogens is 541 g/mol. The first-order valence-electron chi connectivity index (χ1n) is 12.6. The lowest BCUT2D eigenvalue weighted by Crippen LogP contribution is -2.54. The van der Waals surface area contributed by atoms with Gasteiger partial charge in [0.15, 0.2) is 0 Å². The van der Waals surface area contributed by atoms with Gasteiger partial charge >= 0.3 is 0 Å². The highest BCUT2D eigenvalue weighted by Gasteiger charge is 2.33. The van der Waals surface area contributed by atoms with Crippen LogP contribution in [0.25, 0.3) is 0 Å². The van der Waals surface area contributed by atoms with Crippen LogP contribution >= 0.6 is 11.6 Å². The van der Waals surface area contributed by atoms with Gasteiger partial charge in [-0.3, -0.25) is 13.9 Å². The molecule has 10 heteroatoms. The van der Waals surface area contributed by atoms with E-state index in [0.717, 1.165) is 22.2 Å². The molecule has 0 radical (unpaired) electrons. The molecule has 2 amide bonds. The second-order valence-electron chi connectivity index (χ2n) is 9.42. The molecule has 0 spiro atoms. The molecule has 39 heavy (non-hydrogen) atoms. The fraction of sp³-hybridized carbons (Fsp3) is 0.310. The third kappa shape index (κ3) is 8.80. The minimum atomic E-state index is -3.97. The number of hydrogen-bond acceptors (Lipinski definition) is 4. The molecule has 7 nitrogen and oxygen atoms in total. The van der Waals surface area contributed by atoms with Gasteiger partial charge in [-0.1, -0.05) is 67.1 Å². The lowest BCUT2D eigenvalue weighted by atomic mass is 10.0. The molecule has 3 rings (SSSR count). The lowest BCUT2D eigenvalue weighted by molar-refractivity contribution is -0.140. The number of carbonyl (C=O) groups is 2. The van der Waals surface area contributed by atoms with Crippen LogP contribution in [0.3, 0.4) is 0 Å². The van der Waals surface area contributed by atoms with E-state index < -0.39 is 34.3 Å². The summed E-state index contributed by atoms with van der Waals surface area (Å²) in [4.78, 5) is 28.9. The van der Waals surface area contributed by atoms with Crippen molar-refractivity contribution in [2.75, 3.05) is 17.1 Å². The predicted molar refractivity (Wildman–Crippen MR) is 152 cm³/mol. The number of anilines is 1. The zero-order chi connectivity index (χ0) is 28.6. The van der Waals surface area contributed by atoms with Crippen molar-refractivity contribution in [1.29, 1.82) is 0 Å². The quantitative estimate of drug-likeness (QED) is 0.337. The third-order valence-electron chi connectivity index (χ3n) is 6.29. The van der Waals surface area contributed by atoms with Crippen molar-refractivity contribution in [2.24, 2.45) is 0 Å². The van der Waals surface area contributed by atoms with E-state index in [2.05, 4.69) is 5.32 Å². The van der Waals surface area contributed by atoms with Crippen molar-refractivity contribution in [3.05, 3.63) is 101 Å². The molecule has 0 aliphatic rings. The van der Waals surface area contributed by atoms with Gasteiger partial charge in [-0.15, -0.1) is 0 Å². The average molecular weight is 574 g/mol. The SMILES string of the molecule is CCC(C)NC(=O)C(Cc1ccccc1)N(Cc1cccc(Cl)c1)C(=O)CN(c1cccc(F)c1)S(C)(=O)=O. The van der Waals surface area contributed by atoms with E-state index >= 15 is 0 Å². The van der Waals surface area contributed by atoms with Gasteiger partial charge in [-0.25, -0.2) is 12.8 Å². The van der Waals surface area contributed by atoms with Gasteiger partial charge in [0.25, 0.3) is 0 Å². The molecule has 0 heterocycles. The molecule has 1 N–H and O–H groups in total. The van der Waals surface area contributed by atoms with Crippen molar-refractivity contribution < 1.29 is 22.4 Å². The second kappa shape index (κ2) is 13.6. The Morgan fingerprint density at radius 1 is 0.974 bits per heavy atom. The van der Waals surface area contributed by atoms with Crippen LogP contribution in [0.2, 0.25) is 5.02 Å². The van der Waals surface area contributed by atoms with Crippen LogP contribution in [-0.2, 0) is 32.6 Å². The Hall–Kier alpha value is -3.43. The van der Waals surface area contributed by atoms with Crippen LogP contribution in [0.4, 0.5) is 10.1 Å². The summed E-state index contributed by atoms with van der Waals surface area (Å²) in [7, 11) is -3.97. The van der Waals surface area contributed by atoms with Crippen molar-refractivity contribution >= 4 is 39.1 Å². The van der Waals surface area contributed by atoms with Gasteiger partial charge in [-0.05, 0) is 54.8 Å². The molecule has 0 aliphatic heterocycles. The lowest BCUT2D eigenvalue weighted by Gasteiger charge is -2.34. The fourth-order valence-electron chi connectivity index (χ4n) is 4.07. The molecule has 0 saturated heterocycles. The van der Waals surface area contributed by atoms with E-state index in [0.29, 0.717) is 17.0 Å². The van der Waals surface area contributed by atoms with E-state index in [1.165, 1.54) is 23.1 Å². The number of carbonyl (C=O) groups excluding carboxylic acids is 2. The molecule has 208 valence electrons. The van der Waals surface area contributed by atoms with Crippen molar-refractivity contribution in [1.82, 2.24) is 10.2 Å². The molecule has 0 bridgehead atoms. The third-order valence-corrected chi connectivity index (χ3v) is 7.67. The zero-order valence-electron chi connectivity index (χ0n) is 22.2. The van der Waals surface area contributed by atoms with Gasteiger partial charge in [-0.2, -0.15) is 0 Å². The number of amides is 2. The molecule has 0 saturated carbocycles. The Morgan fingerprint density at radius 2 is 1.64 bits per heavy atom. The molecule has 0 aromatic heterocycles. The summed E-state index contributed by atoms with van der Waals surface area (Å²) in [6, 6.07) is 20.1. The Balaban J connectivity index is 2.06. The smallest absolute Gasteiger partial charge is 0.244 e. The standard InChI is InChI=1S/C29H33ClFN3O4S/c1-4-21(2)32-29(36)27(17-22-10-6-5-7-11-22)33(19-23-12-8-13-24(30)16-23)28(35)20-34(39(3,37)38)26-15-9-14-25(31)18-26/h5-16,18,21,27H,4,17,19-20H2,1-3H3,(H,32,36). The van der Waals surface area contributed by atoms with E-state index in [-0.39, 0.29) is 30.6 Å². The Labute approximate surface area is 234 Å². The first kappa shape index (κ1) is 30.1. The Kier molecular flexibility index (Phi) is 10.5. The number of sulfonamides is 1. The predicted octanol–water partition coefficient (Wildman–Crippen LogP) is 4.80. The topological polar surface area (TPSA) is 86.8 Å². The summed E-state index contributed by atoms with van der Waals surface area (Å²) in [6.45, 7) is 3.20. The highest BCUT2D eigenvalue weighted by Crippen LogP contribution is 2.22. The van der Waals surface area contributed by atoms with Crippen molar-refractivity contribution in [2.45, 2.75) is 45.3 Å². The summed E-state index contributed by atoms with van der Waals surface area (Å²) >= 11 is 6.20. The van der Waals surface area contributed by atoms with E-state index in [4.69, 9.17) is 11.6 Å². The van der Waals surface area contributed by atoms with Crippen LogP contribution in [-0.4, -0.2) is 50.0 Å². The summed E-state index contributed by atoms with van der Waals surface area (Å²) in [5.74, 6) is -1.62. The largest absolute Gasteiger partial charge is 0.352 e. The van der Waals surface area contributed by atoms with Crippen molar-refractivity contribution in [3.63, 3.8) is 0 Å². The molecule has 2 atom stereocenters. The molecule has 0 fully saturated rings. The Morgan fingerprint density at radius 3 is 2.26 bits per heavy atom. The summed E-state index contributed by atoms with van der Waals surface area (Å²) in [5, 5.41) is 3.42. The van der Waals surface area contributed by atoms with Gasteiger partial charge in [0.1, 0.15) is 18.4 Å². The number of rotatable bonds is 12. The minimum absolute atomic E-state index is 0.00553. The fourth-order valence-corrected chi connectivity index (χ4v) is 5.13. The van der Waals surface area contributed by atoms with Crippen LogP contribution in [0.1, 0.15) is 31.4 Å². The Bertz CT molecular complexity index is 1390. The summed E-state index contributed by atoms with van der Waals surface area (Å²) < 4.78 is 40.3. The average Bonchev–Trinajstić information content (AvgIpc) is 2.89. The molecule has 2 unspecified atom stereocenters. The molecule has 3 aromatic rings. The van der Waals surface area contributed by atoms with Gasteiger partial charge in [0.2, 0.25) is 21.8 Å². The molecular formula is C29H33ClFN3O4S. The van der Waals surface area contributed by atoms with Crippen LogP contribution in [0.5, 0.6) is 0 Å². The number of halogens is 2. The van der Waals surface area contributed by atoms with E-state index in [9.17, 15) is 22.4 Å². The molecule has 0 aliphatic carbocycles. The molecule has 3 aromatic carbocycles. The monoisotopic (exact) mass is 573 g/mol. The second-order valence-corrected chi connectivity index (χ2v) is 11.8. The minimum Gasteiger partial charge on any atom is -0.352 e. The van der Waals surface area contributed by atoms with E-state index in [1.54, 1.807) is 24.3 Å². The maximum Gasteiger partial charge on any atom is 0.244 e. The van der Waals surface area contributed by atoms with Crippen LogP contribution in [0.15, 0.2) is 78.9 Å². The van der Waals surface area contributed by atoms with Crippen molar-refractivity contribution in [3.8, 4) is 0 Å². The van der Waals surface area contributed by atoms with Crippen LogP contribution in [0, 0.1) is 5.82 Å².